The Morgan fingerprint density at radius 2 is 1.84 bits per heavy atom. The molecule has 1 aromatic heterocycles. The fourth-order valence-corrected chi connectivity index (χ4v) is 3.47. The SMILES string of the molecule is COCCCN(Cc1cccn1Cc1ccccc1C)C(=O)c1ccc([N+](=O)[O-])cc1. The van der Waals surface area contributed by atoms with Crippen molar-refractivity contribution in [3.63, 3.8) is 0 Å². The second-order valence-electron chi connectivity index (χ2n) is 7.43. The van der Waals surface area contributed by atoms with Crippen LogP contribution in [0.3, 0.4) is 0 Å². The molecule has 0 unspecified atom stereocenters. The van der Waals surface area contributed by atoms with Crippen LogP contribution >= 0.6 is 0 Å². The Hall–Kier alpha value is -3.45. The fraction of sp³-hybridized carbons (Fsp3) is 0.292. The van der Waals surface area contributed by atoms with E-state index in [1.165, 1.54) is 35.4 Å². The molecule has 0 aliphatic heterocycles. The van der Waals surface area contributed by atoms with E-state index >= 15 is 0 Å². The lowest BCUT2D eigenvalue weighted by Gasteiger charge is -2.24. The Morgan fingerprint density at radius 1 is 1.10 bits per heavy atom. The number of nitro benzene ring substituents is 1. The highest BCUT2D eigenvalue weighted by Crippen LogP contribution is 2.17. The smallest absolute Gasteiger partial charge is 0.269 e. The summed E-state index contributed by atoms with van der Waals surface area (Å²) in [6.45, 7) is 4.34. The van der Waals surface area contributed by atoms with Crippen molar-refractivity contribution in [3.05, 3.63) is 99.4 Å². The van der Waals surface area contributed by atoms with E-state index in [1.54, 1.807) is 12.0 Å². The summed E-state index contributed by atoms with van der Waals surface area (Å²) in [4.78, 5) is 25.4. The van der Waals surface area contributed by atoms with Crippen LogP contribution in [-0.2, 0) is 17.8 Å². The van der Waals surface area contributed by atoms with Crippen LogP contribution in [0.15, 0.2) is 66.9 Å². The van der Waals surface area contributed by atoms with Gasteiger partial charge in [0.25, 0.3) is 11.6 Å². The van der Waals surface area contributed by atoms with Crippen LogP contribution in [0, 0.1) is 17.0 Å². The maximum atomic E-state index is 13.2. The molecule has 2 aromatic carbocycles. The zero-order valence-electron chi connectivity index (χ0n) is 17.9. The number of carbonyl (C=O) groups excluding carboxylic acids is 1. The van der Waals surface area contributed by atoms with E-state index in [9.17, 15) is 14.9 Å². The molecule has 1 heterocycles. The molecule has 0 fully saturated rings. The van der Waals surface area contributed by atoms with E-state index in [4.69, 9.17) is 4.74 Å². The second-order valence-corrected chi connectivity index (χ2v) is 7.43. The first-order valence-corrected chi connectivity index (χ1v) is 10.2. The highest BCUT2D eigenvalue weighted by molar-refractivity contribution is 5.94. The molecule has 31 heavy (non-hydrogen) atoms. The maximum absolute atomic E-state index is 13.2. The van der Waals surface area contributed by atoms with Gasteiger partial charge >= 0.3 is 0 Å². The number of amides is 1. The van der Waals surface area contributed by atoms with E-state index in [1.807, 2.05) is 30.5 Å². The number of ether oxygens (including phenoxy) is 1. The molecule has 3 rings (SSSR count). The van der Waals surface area contributed by atoms with Crippen LogP contribution in [-0.4, -0.2) is 40.6 Å². The summed E-state index contributed by atoms with van der Waals surface area (Å²) in [7, 11) is 1.63. The number of hydrogen-bond donors (Lipinski definition) is 0. The Labute approximate surface area is 182 Å². The lowest BCUT2D eigenvalue weighted by Crippen LogP contribution is -2.33. The minimum Gasteiger partial charge on any atom is -0.385 e. The minimum atomic E-state index is -0.469. The number of non-ortho nitro benzene ring substituents is 1. The van der Waals surface area contributed by atoms with Gasteiger partial charge in [0.15, 0.2) is 0 Å². The van der Waals surface area contributed by atoms with Crippen molar-refractivity contribution >= 4 is 11.6 Å². The molecule has 7 nitrogen and oxygen atoms in total. The molecule has 162 valence electrons. The monoisotopic (exact) mass is 421 g/mol. The second kappa shape index (κ2) is 10.5. The van der Waals surface area contributed by atoms with Gasteiger partial charge in [0.2, 0.25) is 0 Å². The normalized spacial score (nSPS) is 10.8. The van der Waals surface area contributed by atoms with Crippen LogP contribution in [0.1, 0.15) is 33.6 Å². The van der Waals surface area contributed by atoms with Crippen LogP contribution in [0.5, 0.6) is 0 Å². The van der Waals surface area contributed by atoms with Gasteiger partial charge in [-0.3, -0.25) is 14.9 Å². The van der Waals surface area contributed by atoms with Gasteiger partial charge in [-0.1, -0.05) is 24.3 Å². The van der Waals surface area contributed by atoms with Crippen molar-refractivity contribution in [1.82, 2.24) is 9.47 Å². The van der Waals surface area contributed by atoms with Crippen molar-refractivity contribution in [1.29, 1.82) is 0 Å². The molecule has 0 N–H and O–H groups in total. The zero-order chi connectivity index (χ0) is 22.2. The third-order valence-corrected chi connectivity index (χ3v) is 5.27. The summed E-state index contributed by atoms with van der Waals surface area (Å²) < 4.78 is 7.30. The molecule has 3 aromatic rings. The van der Waals surface area contributed by atoms with Crippen molar-refractivity contribution in [2.75, 3.05) is 20.3 Å². The van der Waals surface area contributed by atoms with Crippen LogP contribution in [0.4, 0.5) is 5.69 Å². The van der Waals surface area contributed by atoms with Gasteiger partial charge in [-0.05, 0) is 48.7 Å². The van der Waals surface area contributed by atoms with Crippen molar-refractivity contribution in [2.24, 2.45) is 0 Å². The van der Waals surface area contributed by atoms with Gasteiger partial charge in [-0.2, -0.15) is 0 Å². The molecule has 0 spiro atoms. The maximum Gasteiger partial charge on any atom is 0.269 e. The van der Waals surface area contributed by atoms with Crippen LogP contribution in [0.2, 0.25) is 0 Å². The Kier molecular flexibility index (Phi) is 7.56. The van der Waals surface area contributed by atoms with Gasteiger partial charge in [0.1, 0.15) is 0 Å². The van der Waals surface area contributed by atoms with Gasteiger partial charge in [-0.15, -0.1) is 0 Å². The predicted octanol–water partition coefficient (Wildman–Crippen LogP) is 4.43. The van der Waals surface area contributed by atoms with E-state index < -0.39 is 4.92 Å². The van der Waals surface area contributed by atoms with Crippen LogP contribution < -0.4 is 0 Å². The summed E-state index contributed by atoms with van der Waals surface area (Å²) in [5.41, 5.74) is 3.87. The highest BCUT2D eigenvalue weighted by Gasteiger charge is 2.19. The molecule has 0 aliphatic carbocycles. The third-order valence-electron chi connectivity index (χ3n) is 5.27. The number of carbonyl (C=O) groups is 1. The summed E-state index contributed by atoms with van der Waals surface area (Å²) in [5, 5.41) is 10.9. The van der Waals surface area contributed by atoms with E-state index in [-0.39, 0.29) is 11.6 Å². The lowest BCUT2D eigenvalue weighted by atomic mass is 10.1. The summed E-state index contributed by atoms with van der Waals surface area (Å²) >= 11 is 0. The topological polar surface area (TPSA) is 77.6 Å². The number of nitro groups is 1. The number of hydrogen-bond acceptors (Lipinski definition) is 4. The average molecular weight is 421 g/mol. The van der Waals surface area contributed by atoms with Crippen molar-refractivity contribution in [2.45, 2.75) is 26.4 Å². The van der Waals surface area contributed by atoms with Gasteiger partial charge in [-0.25, -0.2) is 0 Å². The van der Waals surface area contributed by atoms with Gasteiger partial charge in [0, 0.05) is 56.4 Å². The number of rotatable bonds is 10. The molecule has 7 heteroatoms. The summed E-state index contributed by atoms with van der Waals surface area (Å²) in [6, 6.07) is 18.0. The molecule has 0 bridgehead atoms. The van der Waals surface area contributed by atoms with Crippen LogP contribution in [0.25, 0.3) is 0 Å². The van der Waals surface area contributed by atoms with E-state index in [0.29, 0.717) is 31.7 Å². The zero-order valence-corrected chi connectivity index (χ0v) is 17.9. The third kappa shape index (κ3) is 5.79. The largest absolute Gasteiger partial charge is 0.385 e. The molecule has 0 radical (unpaired) electrons. The number of nitrogens with zero attached hydrogens (tertiary/aromatic N) is 3. The molecule has 0 saturated carbocycles. The van der Waals surface area contributed by atoms with Crippen molar-refractivity contribution in [3.8, 4) is 0 Å². The molecule has 0 saturated heterocycles. The van der Waals surface area contributed by atoms with E-state index in [2.05, 4.69) is 23.6 Å². The first kappa shape index (κ1) is 22.2. The Balaban J connectivity index is 1.80. The summed E-state index contributed by atoms with van der Waals surface area (Å²) in [5.74, 6) is -0.158. The molecule has 1 amide bonds. The standard InChI is InChI=1S/C24H27N3O4/c1-19-7-3-4-8-21(19)17-25-14-5-9-23(25)18-26(15-6-16-31-2)24(28)20-10-12-22(13-11-20)27(29)30/h3-5,7-14H,6,15-18H2,1-2H3. The quantitative estimate of drug-likeness (QED) is 0.276. The van der Waals surface area contributed by atoms with Crippen molar-refractivity contribution < 1.29 is 14.5 Å². The number of aromatic nitrogens is 1. The molecule has 0 atom stereocenters. The Morgan fingerprint density at radius 3 is 2.52 bits per heavy atom. The Bertz CT molecular complexity index is 1030. The first-order valence-electron chi connectivity index (χ1n) is 10.2. The molecule has 0 aliphatic rings. The van der Waals surface area contributed by atoms with Gasteiger partial charge < -0.3 is 14.2 Å². The average Bonchev–Trinajstić information content (AvgIpc) is 3.21. The number of methoxy groups -OCH3 is 1. The predicted molar refractivity (Wildman–Crippen MR) is 119 cm³/mol. The van der Waals surface area contributed by atoms with E-state index in [0.717, 1.165) is 12.2 Å². The molecular formula is C24H27N3O4. The minimum absolute atomic E-state index is 0.0328. The molecular weight excluding hydrogens is 394 g/mol. The number of benzene rings is 2. The van der Waals surface area contributed by atoms with Gasteiger partial charge in [0.05, 0.1) is 11.5 Å². The number of aryl methyl sites for hydroxylation is 1. The first-order chi connectivity index (χ1) is 15.0. The fourth-order valence-electron chi connectivity index (χ4n) is 3.47. The summed E-state index contributed by atoms with van der Waals surface area (Å²) in [6.07, 6.45) is 2.72. The highest BCUT2D eigenvalue weighted by atomic mass is 16.6. The lowest BCUT2D eigenvalue weighted by molar-refractivity contribution is -0.384.